The van der Waals surface area contributed by atoms with Crippen LogP contribution in [0.25, 0.3) is 0 Å². The van der Waals surface area contributed by atoms with E-state index in [-0.39, 0.29) is 16.6 Å². The summed E-state index contributed by atoms with van der Waals surface area (Å²) in [5.74, 6) is 6.77. The van der Waals surface area contributed by atoms with E-state index in [1.807, 2.05) is 20.0 Å². The molecule has 1 unspecified atom stereocenters. The summed E-state index contributed by atoms with van der Waals surface area (Å²) in [4.78, 5) is 12.9. The normalized spacial score (nSPS) is 21.8. The molecule has 5 rings (SSSR count). The summed E-state index contributed by atoms with van der Waals surface area (Å²) in [5.41, 5.74) is 2.84. The molecular weight excluding hydrogens is 475 g/mol. The number of hydrogen-bond donors (Lipinski definition) is 0. The second-order valence-electron chi connectivity index (χ2n) is 9.54. The minimum atomic E-state index is -4.50. The number of aryl methyl sites for hydroxylation is 1. The molecule has 3 heterocycles. The first-order chi connectivity index (χ1) is 17.7. The molecule has 2 radical (unpaired) electrons. The van der Waals surface area contributed by atoms with Crippen molar-refractivity contribution >= 4 is 17.7 Å². The van der Waals surface area contributed by atoms with Gasteiger partial charge in [0, 0.05) is 50.4 Å². The van der Waals surface area contributed by atoms with E-state index >= 15 is 0 Å². The molecule has 3 aliphatic heterocycles. The Balaban J connectivity index is 1.55. The number of halogens is 3. The van der Waals surface area contributed by atoms with Gasteiger partial charge in [0.05, 0.1) is 11.8 Å². The number of likely N-dealkylation sites (N-methyl/N-ethyl adjacent to an activating group) is 1. The Morgan fingerprint density at radius 3 is 2.59 bits per heavy atom. The standard InChI is InChI=1S/C29H27F3N5/c1-21-4-5-22(2)23(16-21)6-9-26-18-34-28-19-33-10-15-37(26,28)25-8-7-24(27(17-25)29(30,31)32)20-36-13-11-35(3)12-14-36/h1,4-5,7-8,10,15-19H,11-14,20H2,2-3H3/q+1. The van der Waals surface area contributed by atoms with Gasteiger partial charge in [-0.3, -0.25) is 9.89 Å². The van der Waals surface area contributed by atoms with Gasteiger partial charge in [-0.15, -0.1) is 0 Å². The summed E-state index contributed by atoms with van der Waals surface area (Å²) in [6.07, 6.45) is 1.93. The number of nitrogens with zero attached hydrogens (tertiary/aromatic N) is 5. The number of allylic oxidation sites excluding steroid dienone is 1. The first-order valence-electron chi connectivity index (χ1n) is 12.1. The lowest BCUT2D eigenvalue weighted by molar-refractivity contribution is -0.138. The second-order valence-corrected chi connectivity index (χ2v) is 9.54. The summed E-state index contributed by atoms with van der Waals surface area (Å²) < 4.78 is 42.9. The molecular formula is C29H27F3N5+. The molecule has 0 saturated carbocycles. The molecule has 0 spiro atoms. The van der Waals surface area contributed by atoms with Gasteiger partial charge < -0.3 is 4.90 Å². The van der Waals surface area contributed by atoms with E-state index in [1.54, 1.807) is 49.1 Å². The molecule has 2 aromatic rings. The van der Waals surface area contributed by atoms with E-state index in [1.165, 1.54) is 6.07 Å². The number of quaternary nitrogens is 1. The highest BCUT2D eigenvalue weighted by molar-refractivity contribution is 6.36. The molecule has 8 heteroatoms. The molecule has 0 aromatic heterocycles. The van der Waals surface area contributed by atoms with Crippen LogP contribution in [-0.4, -0.2) is 55.1 Å². The zero-order valence-electron chi connectivity index (χ0n) is 20.8. The zero-order valence-corrected chi connectivity index (χ0v) is 20.8. The van der Waals surface area contributed by atoms with Gasteiger partial charge in [0.15, 0.2) is 0 Å². The average Bonchev–Trinajstić information content (AvgIpc) is 3.25. The fourth-order valence-electron chi connectivity index (χ4n) is 4.78. The van der Waals surface area contributed by atoms with Crippen LogP contribution in [0.15, 0.2) is 70.7 Å². The van der Waals surface area contributed by atoms with Gasteiger partial charge in [-0.1, -0.05) is 24.1 Å². The largest absolute Gasteiger partial charge is 0.416 e. The third-order valence-electron chi connectivity index (χ3n) is 7.01. The van der Waals surface area contributed by atoms with Gasteiger partial charge in [0.1, 0.15) is 24.3 Å². The number of rotatable bonds is 3. The molecule has 37 heavy (non-hydrogen) atoms. The fraction of sp³-hybridized carbons (Fsp3) is 0.276. The Bertz CT molecular complexity index is 1400. The van der Waals surface area contributed by atoms with E-state index < -0.39 is 11.7 Å². The molecule has 0 amide bonds. The fourth-order valence-corrected chi connectivity index (χ4v) is 4.78. The van der Waals surface area contributed by atoms with Crippen LogP contribution in [0.2, 0.25) is 0 Å². The highest BCUT2D eigenvalue weighted by Crippen LogP contribution is 2.41. The van der Waals surface area contributed by atoms with Crippen molar-refractivity contribution in [2.24, 2.45) is 9.98 Å². The molecule has 3 aliphatic rings. The Labute approximate surface area is 215 Å². The highest BCUT2D eigenvalue weighted by atomic mass is 19.4. The van der Waals surface area contributed by atoms with Crippen LogP contribution in [0.3, 0.4) is 0 Å². The summed E-state index contributed by atoms with van der Waals surface area (Å²) in [5, 5.41) is 0. The summed E-state index contributed by atoms with van der Waals surface area (Å²) in [6.45, 7) is 11.2. The van der Waals surface area contributed by atoms with E-state index in [0.717, 1.165) is 37.3 Å². The Hall–Kier alpha value is -3.51. The van der Waals surface area contributed by atoms with Crippen molar-refractivity contribution in [3.8, 4) is 11.8 Å². The average molecular weight is 503 g/mol. The van der Waals surface area contributed by atoms with E-state index in [4.69, 9.17) is 6.92 Å². The van der Waals surface area contributed by atoms with Crippen LogP contribution in [0.4, 0.5) is 18.9 Å². The van der Waals surface area contributed by atoms with E-state index in [9.17, 15) is 13.2 Å². The molecule has 0 aliphatic carbocycles. The second kappa shape index (κ2) is 9.75. The molecule has 0 N–H and O–H groups in total. The quantitative estimate of drug-likeness (QED) is 0.438. The Kier molecular flexibility index (Phi) is 6.63. The molecule has 1 fully saturated rings. The molecule has 1 saturated heterocycles. The van der Waals surface area contributed by atoms with E-state index in [2.05, 4.69) is 31.6 Å². The van der Waals surface area contributed by atoms with Gasteiger partial charge in [0.2, 0.25) is 5.70 Å². The van der Waals surface area contributed by atoms with Crippen molar-refractivity contribution in [1.29, 1.82) is 0 Å². The molecule has 5 nitrogen and oxygen atoms in total. The third-order valence-corrected chi connectivity index (χ3v) is 7.01. The maximum absolute atomic E-state index is 14.3. The summed E-state index contributed by atoms with van der Waals surface area (Å²) in [7, 11) is 2.02. The smallest absolute Gasteiger partial charge is 0.304 e. The minimum Gasteiger partial charge on any atom is -0.304 e. The molecule has 2 aromatic carbocycles. The minimum absolute atomic E-state index is 0.157. The lowest BCUT2D eigenvalue weighted by atomic mass is 10.0. The zero-order chi connectivity index (χ0) is 26.2. The van der Waals surface area contributed by atoms with Crippen LogP contribution in [0, 0.1) is 25.7 Å². The lowest BCUT2D eigenvalue weighted by Crippen LogP contribution is -2.48. The maximum Gasteiger partial charge on any atom is 0.416 e. The SMILES string of the molecule is [CH]c1ccc(C)c(C#CC2=CN=C3C=NC=C[N+]23c2ccc(CN3CCN(C)CC3)c(C(F)(F)F)c2)c1. The van der Waals surface area contributed by atoms with Crippen LogP contribution in [-0.2, 0) is 12.7 Å². The number of fused-ring (bicyclic) bond motifs is 1. The first kappa shape index (κ1) is 25.2. The lowest BCUT2D eigenvalue weighted by Gasteiger charge is -2.33. The number of benzene rings is 2. The van der Waals surface area contributed by atoms with Gasteiger partial charge >= 0.3 is 6.18 Å². The van der Waals surface area contributed by atoms with Crippen molar-refractivity contribution in [3.05, 3.63) is 95.4 Å². The monoisotopic (exact) mass is 502 g/mol. The molecule has 0 bridgehead atoms. The highest BCUT2D eigenvalue weighted by Gasteiger charge is 2.45. The number of piperazine rings is 1. The van der Waals surface area contributed by atoms with Crippen molar-refractivity contribution in [2.75, 3.05) is 33.2 Å². The Morgan fingerprint density at radius 2 is 1.84 bits per heavy atom. The topological polar surface area (TPSA) is 31.2 Å². The van der Waals surface area contributed by atoms with Gasteiger partial charge in [-0.25, -0.2) is 0 Å². The van der Waals surface area contributed by atoms with Crippen LogP contribution < -0.4 is 4.48 Å². The summed E-state index contributed by atoms with van der Waals surface area (Å²) in [6, 6.07) is 10.0. The van der Waals surface area contributed by atoms with Crippen molar-refractivity contribution in [2.45, 2.75) is 19.6 Å². The number of amidine groups is 1. The van der Waals surface area contributed by atoms with Crippen LogP contribution >= 0.6 is 0 Å². The van der Waals surface area contributed by atoms with Crippen molar-refractivity contribution in [1.82, 2.24) is 14.3 Å². The van der Waals surface area contributed by atoms with Gasteiger partial charge in [-0.2, -0.15) is 22.6 Å². The predicted octanol–water partition coefficient (Wildman–Crippen LogP) is 4.99. The molecule has 1 atom stereocenters. The van der Waals surface area contributed by atoms with Crippen LogP contribution in [0.1, 0.15) is 27.8 Å². The first-order valence-corrected chi connectivity index (χ1v) is 12.1. The number of aliphatic imine (C=N–C) groups is 2. The number of alkyl halides is 3. The van der Waals surface area contributed by atoms with E-state index in [0.29, 0.717) is 22.8 Å². The Morgan fingerprint density at radius 1 is 1.05 bits per heavy atom. The maximum atomic E-state index is 14.3. The summed E-state index contributed by atoms with van der Waals surface area (Å²) >= 11 is 0. The number of hydrogen-bond acceptors (Lipinski definition) is 4. The predicted molar refractivity (Wildman–Crippen MR) is 141 cm³/mol. The van der Waals surface area contributed by atoms with Crippen molar-refractivity contribution < 1.29 is 13.2 Å². The molecule has 188 valence electrons. The van der Waals surface area contributed by atoms with Crippen molar-refractivity contribution in [3.63, 3.8) is 0 Å². The van der Waals surface area contributed by atoms with Gasteiger partial charge in [0.25, 0.3) is 5.84 Å². The van der Waals surface area contributed by atoms with Gasteiger partial charge in [-0.05, 0) is 49.6 Å². The third kappa shape index (κ3) is 4.90. The van der Waals surface area contributed by atoms with Crippen LogP contribution in [0.5, 0.6) is 0 Å².